The van der Waals surface area contributed by atoms with Gasteiger partial charge in [0.05, 0.1) is 5.56 Å². The molecule has 0 amide bonds. The molecule has 110 valence electrons. The van der Waals surface area contributed by atoms with Crippen molar-refractivity contribution in [3.63, 3.8) is 0 Å². The van der Waals surface area contributed by atoms with Crippen molar-refractivity contribution >= 4 is 18.4 Å². The summed E-state index contributed by atoms with van der Waals surface area (Å²) in [7, 11) is 0.812. The molecular formula is C11H15BF3N3O2. The lowest BCUT2D eigenvalue weighted by atomic mass is 9.76. The fourth-order valence-corrected chi connectivity index (χ4v) is 1.89. The van der Waals surface area contributed by atoms with Crippen molar-refractivity contribution in [2.75, 3.05) is 39.1 Å². The van der Waals surface area contributed by atoms with Gasteiger partial charge in [-0.25, -0.2) is 4.98 Å². The molecule has 0 radical (unpaired) electrons. The largest absolute Gasteiger partial charge is 0.496 e. The average Bonchev–Trinajstić information content (AvgIpc) is 2.33. The first-order valence-corrected chi connectivity index (χ1v) is 6.12. The molecule has 1 fully saturated rings. The quantitative estimate of drug-likeness (QED) is 0.756. The predicted molar refractivity (Wildman–Crippen MR) is 68.4 cm³/mol. The van der Waals surface area contributed by atoms with E-state index in [1.807, 2.05) is 11.9 Å². The molecule has 5 nitrogen and oxygen atoms in total. The van der Waals surface area contributed by atoms with Gasteiger partial charge in [-0.2, -0.15) is 13.2 Å². The van der Waals surface area contributed by atoms with Crippen molar-refractivity contribution in [2.24, 2.45) is 0 Å². The van der Waals surface area contributed by atoms with Gasteiger partial charge >= 0.3 is 13.3 Å². The minimum absolute atomic E-state index is 0.142. The van der Waals surface area contributed by atoms with Crippen LogP contribution in [0.4, 0.5) is 19.0 Å². The Morgan fingerprint density at radius 2 is 1.90 bits per heavy atom. The fraction of sp³-hybridized carbons (Fsp3) is 0.545. The van der Waals surface area contributed by atoms with E-state index in [2.05, 4.69) is 4.98 Å². The molecule has 1 aromatic heterocycles. The Morgan fingerprint density at radius 1 is 1.30 bits per heavy atom. The molecule has 20 heavy (non-hydrogen) atoms. The molecule has 0 aromatic carbocycles. The molecule has 0 bridgehead atoms. The summed E-state index contributed by atoms with van der Waals surface area (Å²) in [5.41, 5.74) is 4.31. The number of rotatable bonds is 1. The number of halogens is 3. The van der Waals surface area contributed by atoms with Gasteiger partial charge in [0.1, 0.15) is 5.82 Å². The number of alkyl halides is 3. The highest BCUT2D eigenvalue weighted by molar-refractivity contribution is 6.61. The van der Waals surface area contributed by atoms with Gasteiger partial charge in [-0.1, -0.05) is 0 Å². The molecule has 2 heterocycles. The molecule has 1 saturated heterocycles. The molecule has 0 aliphatic carbocycles. The maximum atomic E-state index is 13.0. The Balaban J connectivity index is 2.27. The summed E-state index contributed by atoms with van der Waals surface area (Å²) < 4.78 is 49.8. The summed E-state index contributed by atoms with van der Waals surface area (Å²) >= 11 is 0. The highest BCUT2D eigenvalue weighted by atomic mass is 19.4. The predicted octanol–water partition coefficient (Wildman–Crippen LogP) is 0.356. The van der Waals surface area contributed by atoms with Gasteiger partial charge in [0, 0.05) is 38.0 Å². The molecule has 0 unspecified atom stereocenters. The highest BCUT2D eigenvalue weighted by Crippen LogP contribution is 2.29. The lowest BCUT2D eigenvalue weighted by molar-refractivity contribution is -0.136. The van der Waals surface area contributed by atoms with Crippen molar-refractivity contribution < 1.29 is 22.5 Å². The van der Waals surface area contributed by atoms with Gasteiger partial charge in [-0.05, 0) is 13.1 Å². The second kappa shape index (κ2) is 5.98. The van der Waals surface area contributed by atoms with Crippen molar-refractivity contribution in [2.45, 2.75) is 6.18 Å². The maximum Gasteiger partial charge on any atom is 0.496 e. The van der Waals surface area contributed by atoms with E-state index in [4.69, 9.17) is 15.0 Å². The Bertz CT molecular complexity index is 463. The monoisotopic (exact) mass is 289 g/mol. The highest BCUT2D eigenvalue weighted by Gasteiger charge is 2.39. The summed E-state index contributed by atoms with van der Waals surface area (Å²) in [6.07, 6.45) is -3.47. The molecular weight excluding hydrogens is 274 g/mol. The number of nitrogens with zero attached hydrogens (tertiary/aromatic N) is 2. The lowest BCUT2D eigenvalue weighted by Crippen LogP contribution is -2.46. The van der Waals surface area contributed by atoms with Crippen LogP contribution in [0.3, 0.4) is 0 Å². The maximum absolute atomic E-state index is 13.0. The van der Waals surface area contributed by atoms with Crippen LogP contribution in [0, 0.1) is 0 Å². The average molecular weight is 289 g/mol. The van der Waals surface area contributed by atoms with Crippen molar-refractivity contribution in [1.82, 2.24) is 9.88 Å². The molecule has 0 atom stereocenters. The molecule has 2 rings (SSSR count). The zero-order valence-electron chi connectivity index (χ0n) is 11.0. The van der Waals surface area contributed by atoms with Crippen LogP contribution in [0.15, 0.2) is 12.3 Å². The van der Waals surface area contributed by atoms with Gasteiger partial charge in [-0.3, -0.25) is 0 Å². The van der Waals surface area contributed by atoms with Crippen molar-refractivity contribution in [3.05, 3.63) is 17.8 Å². The minimum Gasteiger partial charge on any atom is -0.406 e. The SMILES string of the molecule is CN1CCOB(c2cnc(N)cc2C(F)(F)F)OCC1. The van der Waals surface area contributed by atoms with E-state index in [1.165, 1.54) is 0 Å². The zero-order chi connectivity index (χ0) is 14.8. The van der Waals surface area contributed by atoms with Gasteiger partial charge in [0.15, 0.2) is 0 Å². The van der Waals surface area contributed by atoms with E-state index < -0.39 is 18.9 Å². The van der Waals surface area contributed by atoms with E-state index in [9.17, 15) is 13.2 Å². The van der Waals surface area contributed by atoms with E-state index in [-0.39, 0.29) is 24.5 Å². The summed E-state index contributed by atoms with van der Waals surface area (Å²) in [5.74, 6) is -0.188. The van der Waals surface area contributed by atoms with E-state index in [0.29, 0.717) is 13.1 Å². The standard InChI is InChI=1S/C11H15BF3N3O2/c1-18-2-4-19-12(20-5-3-18)9-7-17-10(16)6-8(9)11(13,14)15/h6-7H,2-5H2,1H3,(H2,16,17). The van der Waals surface area contributed by atoms with Crippen LogP contribution in [0.1, 0.15) is 5.56 Å². The molecule has 0 saturated carbocycles. The topological polar surface area (TPSA) is 60.6 Å². The normalized spacial score (nSPS) is 18.7. The number of nitrogens with two attached hydrogens (primary N) is 1. The third kappa shape index (κ3) is 3.62. The molecule has 9 heteroatoms. The zero-order valence-corrected chi connectivity index (χ0v) is 11.0. The Labute approximate surface area is 115 Å². The summed E-state index contributed by atoms with van der Waals surface area (Å²) in [4.78, 5) is 5.68. The van der Waals surface area contributed by atoms with Gasteiger partial charge < -0.3 is 19.9 Å². The van der Waals surface area contributed by atoms with E-state index >= 15 is 0 Å². The van der Waals surface area contributed by atoms with Crippen molar-refractivity contribution in [3.8, 4) is 0 Å². The molecule has 0 spiro atoms. The second-order valence-corrected chi connectivity index (χ2v) is 4.57. The number of hydrogen-bond acceptors (Lipinski definition) is 5. The van der Waals surface area contributed by atoms with Crippen LogP contribution in [-0.2, 0) is 15.5 Å². The first-order valence-electron chi connectivity index (χ1n) is 6.12. The number of likely N-dealkylation sites (N-methyl/N-ethyl adjacent to an activating group) is 1. The lowest BCUT2D eigenvalue weighted by Gasteiger charge is -2.25. The van der Waals surface area contributed by atoms with Crippen LogP contribution in [0.5, 0.6) is 0 Å². The van der Waals surface area contributed by atoms with Crippen LogP contribution >= 0.6 is 0 Å². The summed E-state index contributed by atoms with van der Waals surface area (Å²) in [6.45, 7) is 1.82. The van der Waals surface area contributed by atoms with Gasteiger partial charge in [-0.15, -0.1) is 0 Å². The third-order valence-corrected chi connectivity index (χ3v) is 3.00. The second-order valence-electron chi connectivity index (χ2n) is 4.57. The number of nitrogen functional groups attached to an aromatic ring is 1. The van der Waals surface area contributed by atoms with Gasteiger partial charge in [0.25, 0.3) is 0 Å². The Morgan fingerprint density at radius 3 is 2.45 bits per heavy atom. The molecule has 2 N–H and O–H groups in total. The van der Waals surface area contributed by atoms with E-state index in [0.717, 1.165) is 12.3 Å². The number of aromatic nitrogens is 1. The van der Waals surface area contributed by atoms with Crippen LogP contribution < -0.4 is 11.2 Å². The van der Waals surface area contributed by atoms with E-state index in [1.54, 1.807) is 0 Å². The first kappa shape index (κ1) is 15.1. The summed E-state index contributed by atoms with van der Waals surface area (Å²) in [6, 6.07) is 0.799. The fourth-order valence-electron chi connectivity index (χ4n) is 1.89. The summed E-state index contributed by atoms with van der Waals surface area (Å²) in [5, 5.41) is 0. The van der Waals surface area contributed by atoms with Crippen molar-refractivity contribution in [1.29, 1.82) is 0 Å². The third-order valence-electron chi connectivity index (χ3n) is 3.00. The smallest absolute Gasteiger partial charge is 0.406 e. The number of hydrogen-bond donors (Lipinski definition) is 1. The van der Waals surface area contributed by atoms with Crippen LogP contribution in [-0.4, -0.2) is 50.4 Å². The first-order chi connectivity index (χ1) is 9.38. The van der Waals surface area contributed by atoms with Crippen LogP contribution in [0.25, 0.3) is 0 Å². The van der Waals surface area contributed by atoms with Gasteiger partial charge in [0.2, 0.25) is 0 Å². The van der Waals surface area contributed by atoms with Crippen LogP contribution in [0.2, 0.25) is 0 Å². The number of pyridine rings is 1. The Hall–Kier alpha value is -1.32. The number of anilines is 1. The molecule has 1 aromatic rings. The Kier molecular flexibility index (Phi) is 4.51. The molecule has 1 aliphatic rings. The minimum atomic E-state index is -4.53. The molecule has 1 aliphatic heterocycles.